The molecule has 67 heavy (non-hydrogen) atoms. The molecular weight excluding hydrogens is 927 g/mol. The van der Waals surface area contributed by atoms with Crippen molar-refractivity contribution >= 4 is 11.4 Å². The van der Waals surface area contributed by atoms with E-state index >= 15 is 0 Å². The second-order valence-corrected chi connectivity index (χ2v) is 23.5. The van der Waals surface area contributed by atoms with Gasteiger partial charge in [0, 0.05) is 46.4 Å². The third kappa shape index (κ3) is 12.0. The minimum Gasteiger partial charge on any atom is -1.00 e. The maximum Gasteiger partial charge on any atom is 2.00 e. The predicted octanol–water partition coefficient (Wildman–Crippen LogP) is 14.5. The molecule has 2 fully saturated rings. The van der Waals surface area contributed by atoms with Crippen LogP contribution in [-0.4, -0.2) is 24.2 Å². The number of halogens is 1. The summed E-state index contributed by atoms with van der Waals surface area (Å²) in [6.45, 7) is 41.1. The molecule has 4 atom stereocenters. The Morgan fingerprint density at radius 2 is 0.493 bits per heavy atom. The summed E-state index contributed by atoms with van der Waals surface area (Å²) in [6, 6.07) is 48.6. The molecule has 2 aliphatic heterocycles. The zero-order chi connectivity index (χ0) is 46.8. The maximum atomic E-state index is 2.58. The summed E-state index contributed by atoms with van der Waals surface area (Å²) in [4.78, 5) is 5.17. The van der Waals surface area contributed by atoms with Gasteiger partial charge < -0.3 is 29.6 Å². The van der Waals surface area contributed by atoms with Crippen LogP contribution in [0, 0.1) is 21.3 Å². The molecule has 8 rings (SSSR count). The number of hydrogen-bond donors (Lipinski definition) is 0. The molecule has 2 heterocycles. The van der Waals surface area contributed by atoms with Crippen molar-refractivity contribution < 1.29 is 32.8 Å². The Morgan fingerprint density at radius 1 is 0.328 bits per heavy atom. The molecule has 2 nitrogen and oxygen atoms in total. The molecule has 2 aliphatic rings. The van der Waals surface area contributed by atoms with Crippen LogP contribution in [-0.2, 0) is 42.1 Å². The first kappa shape index (κ1) is 55.5. The fraction of sp³-hybridized carbons (Fsp3) is 0.413. The van der Waals surface area contributed by atoms with Crippen molar-refractivity contribution in [3.8, 4) is 44.5 Å². The van der Waals surface area contributed by atoms with Crippen LogP contribution in [0.1, 0.15) is 144 Å². The molecule has 6 aromatic rings. The van der Waals surface area contributed by atoms with Gasteiger partial charge in [-0.25, -0.2) is 0 Å². The van der Waals surface area contributed by atoms with Crippen LogP contribution >= 0.6 is 0 Å². The van der Waals surface area contributed by atoms with Gasteiger partial charge in [0.25, 0.3) is 0 Å². The molecule has 0 aliphatic carbocycles. The Kier molecular flexibility index (Phi) is 16.9. The number of aryl methyl sites for hydroxylation is 2. The first-order valence-corrected chi connectivity index (χ1v) is 24.1. The second-order valence-electron chi connectivity index (χ2n) is 23.5. The van der Waals surface area contributed by atoms with Gasteiger partial charge in [-0.1, -0.05) is 180 Å². The second kappa shape index (κ2) is 20.5. The molecule has 0 radical (unpaired) electrons. The monoisotopic (exact) mass is 1010 g/mol. The van der Waals surface area contributed by atoms with Crippen LogP contribution in [0.5, 0.6) is 0 Å². The van der Waals surface area contributed by atoms with Crippen molar-refractivity contribution in [1.82, 2.24) is 0 Å². The van der Waals surface area contributed by atoms with E-state index in [0.717, 1.165) is 0 Å². The topological polar surface area (TPSA) is 6.02 Å². The maximum absolute atomic E-state index is 2.58. The standard InChI is InChI=1S/2C31H39N.CH3.ClH.Pd/c2*1-20-18-27(23-10-14-25(15-11-23)30(4,5)6)29(32-21(2)22(32)3)28(19-20)24-12-16-26(17-13-24)31(7,8)9;;;/h2*10-19,21-22H,1-9H3;1H3;1H;/q;;-1;;+2/p-1. The first-order valence-electron chi connectivity index (χ1n) is 24.1. The summed E-state index contributed by atoms with van der Waals surface area (Å²) in [5.41, 5.74) is 22.1. The van der Waals surface area contributed by atoms with Gasteiger partial charge in [0.15, 0.2) is 0 Å². The number of benzene rings is 6. The number of anilines is 2. The Labute approximate surface area is 428 Å². The molecule has 360 valence electrons. The van der Waals surface area contributed by atoms with E-state index < -0.39 is 0 Å². The average molecular weight is 1010 g/mol. The minimum absolute atomic E-state index is 0. The summed E-state index contributed by atoms with van der Waals surface area (Å²) in [5, 5.41) is 0. The Bertz CT molecular complexity index is 2240. The van der Waals surface area contributed by atoms with Crippen molar-refractivity contribution in [2.75, 3.05) is 9.80 Å². The van der Waals surface area contributed by atoms with Crippen LogP contribution in [0.3, 0.4) is 0 Å². The van der Waals surface area contributed by atoms with E-state index in [0.29, 0.717) is 24.2 Å². The fourth-order valence-corrected chi connectivity index (χ4v) is 9.42. The van der Waals surface area contributed by atoms with Gasteiger partial charge in [0.1, 0.15) is 0 Å². The largest absolute Gasteiger partial charge is 2.00 e. The molecule has 4 unspecified atom stereocenters. The molecule has 0 amide bonds. The Balaban J connectivity index is 0.000000280. The van der Waals surface area contributed by atoms with Gasteiger partial charge in [0.05, 0.1) is 11.4 Å². The summed E-state index contributed by atoms with van der Waals surface area (Å²) < 4.78 is 0. The predicted molar refractivity (Wildman–Crippen MR) is 288 cm³/mol. The molecule has 2 saturated heterocycles. The van der Waals surface area contributed by atoms with Crippen molar-refractivity contribution in [3.63, 3.8) is 0 Å². The summed E-state index contributed by atoms with van der Waals surface area (Å²) in [5.74, 6) is 0. The number of rotatable bonds is 6. The molecule has 4 heteroatoms. The van der Waals surface area contributed by atoms with Gasteiger partial charge in [-0.2, -0.15) is 0 Å². The van der Waals surface area contributed by atoms with Crippen molar-refractivity contribution in [3.05, 3.63) is 162 Å². The van der Waals surface area contributed by atoms with Crippen molar-refractivity contribution in [1.29, 1.82) is 0 Å². The van der Waals surface area contributed by atoms with Crippen LogP contribution in [0.25, 0.3) is 44.5 Å². The number of nitrogens with zero attached hydrogens (tertiary/aromatic N) is 2. The van der Waals surface area contributed by atoms with E-state index in [1.807, 2.05) is 0 Å². The first-order chi connectivity index (χ1) is 29.8. The third-order valence-electron chi connectivity index (χ3n) is 14.2. The summed E-state index contributed by atoms with van der Waals surface area (Å²) in [7, 11) is 0. The van der Waals surface area contributed by atoms with Crippen LogP contribution in [0.2, 0.25) is 0 Å². The van der Waals surface area contributed by atoms with Gasteiger partial charge in [-0.3, -0.25) is 0 Å². The molecule has 6 aromatic carbocycles. The Morgan fingerprint density at radius 3 is 0.627 bits per heavy atom. The van der Waals surface area contributed by atoms with E-state index in [9.17, 15) is 0 Å². The van der Waals surface area contributed by atoms with Gasteiger partial charge in [-0.15, -0.1) is 0 Å². The number of hydrogen-bond acceptors (Lipinski definition) is 2. The van der Waals surface area contributed by atoms with Crippen LogP contribution in [0.15, 0.2) is 121 Å². The third-order valence-corrected chi connectivity index (χ3v) is 14.2. The minimum atomic E-state index is 0. The van der Waals surface area contributed by atoms with E-state index in [4.69, 9.17) is 0 Å². The normalized spacial score (nSPS) is 17.9. The molecule has 0 N–H and O–H groups in total. The van der Waals surface area contributed by atoms with Crippen molar-refractivity contribution in [2.45, 2.75) is 170 Å². The zero-order valence-electron chi connectivity index (χ0n) is 44.4. The summed E-state index contributed by atoms with van der Waals surface area (Å²) in [6.07, 6.45) is 0. The molecule has 0 aromatic heterocycles. The SMILES string of the molecule is Cc1cc(-c2ccc(C(C)(C)C)cc2)c(N2C(C)C2C)c(-c2ccc(C(C)(C)C)cc2)c1.Cc1cc(-c2ccc(C(C)(C)C)cc2)c(N2C(C)C2C)c(-c2ccc(C(C)(C)C)cc2)c1.[CH3-].[Cl-].[Pd+2]. The van der Waals surface area contributed by atoms with Crippen LogP contribution < -0.4 is 22.2 Å². The Hall–Kier alpha value is -4.13. The van der Waals surface area contributed by atoms with Gasteiger partial charge >= 0.3 is 20.4 Å². The fourth-order valence-electron chi connectivity index (χ4n) is 9.42. The average Bonchev–Trinajstić information content (AvgIpc) is 4.05. The van der Waals surface area contributed by atoms with E-state index in [-0.39, 0.29) is 61.9 Å². The molecule has 0 spiro atoms. The quantitative estimate of drug-likeness (QED) is 0.0932. The smallest absolute Gasteiger partial charge is 1.00 e. The van der Waals surface area contributed by atoms with Gasteiger partial charge in [0.2, 0.25) is 0 Å². The van der Waals surface area contributed by atoms with Crippen LogP contribution in [0.4, 0.5) is 11.4 Å². The van der Waals surface area contributed by atoms with E-state index in [2.05, 4.69) is 256 Å². The van der Waals surface area contributed by atoms with E-state index in [1.54, 1.807) is 0 Å². The summed E-state index contributed by atoms with van der Waals surface area (Å²) >= 11 is 0. The van der Waals surface area contributed by atoms with E-state index in [1.165, 1.54) is 89.3 Å². The molecular formula is C63H81ClN2Pd. The van der Waals surface area contributed by atoms with Gasteiger partial charge in [-0.05, 0) is 143 Å². The van der Waals surface area contributed by atoms with Crippen molar-refractivity contribution in [2.24, 2.45) is 0 Å². The molecule has 0 bridgehead atoms. The zero-order valence-corrected chi connectivity index (χ0v) is 46.8. The molecule has 0 saturated carbocycles.